The Morgan fingerprint density at radius 3 is 2.65 bits per heavy atom. The fourth-order valence-corrected chi connectivity index (χ4v) is 5.48. The number of H-pyrrole nitrogens is 1. The van der Waals surface area contributed by atoms with Crippen molar-refractivity contribution in [2.45, 2.75) is 32.1 Å². The summed E-state index contributed by atoms with van der Waals surface area (Å²) in [5.41, 5.74) is 5.23. The fraction of sp³-hybridized carbons (Fsp3) is 0.161. The Kier molecular flexibility index (Phi) is 6.39. The minimum absolute atomic E-state index is 0.0116. The summed E-state index contributed by atoms with van der Waals surface area (Å²) in [4.78, 5) is 53.1. The van der Waals surface area contributed by atoms with Gasteiger partial charge in [0.15, 0.2) is 5.78 Å². The van der Waals surface area contributed by atoms with Crippen LogP contribution in [0.5, 0.6) is 0 Å². The summed E-state index contributed by atoms with van der Waals surface area (Å²) >= 11 is 0. The summed E-state index contributed by atoms with van der Waals surface area (Å²) in [5.74, 6) is -1.30. The Morgan fingerprint density at radius 1 is 0.975 bits per heavy atom. The lowest BCUT2D eigenvalue weighted by Crippen LogP contribution is -2.19. The van der Waals surface area contributed by atoms with Gasteiger partial charge >= 0.3 is 12.0 Å². The standard InChI is InChI=1S/C31H26N4O5/c36-27-10-4-9-25-29(27)20(12-14-28(37)38)26(33-25)16-22-21-15-18(11-13-24(21)34-30(22)39)32-31(40)35-23-8-3-6-17-5-1-2-7-19(17)23/h1-3,5-8,11,13,15-16,33H,4,9-10,12,14H2,(H,34,39)(H,37,38)(H2,32,35,40)/b22-16-. The van der Waals surface area contributed by atoms with E-state index in [9.17, 15) is 24.3 Å². The molecule has 0 saturated heterocycles. The molecule has 9 nitrogen and oxygen atoms in total. The molecule has 1 aliphatic heterocycles. The number of amides is 3. The van der Waals surface area contributed by atoms with Crippen LogP contribution in [-0.2, 0) is 22.4 Å². The molecule has 0 spiro atoms. The maximum Gasteiger partial charge on any atom is 0.323 e. The van der Waals surface area contributed by atoms with Crippen LogP contribution >= 0.6 is 0 Å². The van der Waals surface area contributed by atoms with Crippen LogP contribution in [0.15, 0.2) is 60.7 Å². The van der Waals surface area contributed by atoms with Crippen molar-refractivity contribution in [2.75, 3.05) is 16.0 Å². The number of hydrogen-bond donors (Lipinski definition) is 5. The predicted molar refractivity (Wildman–Crippen MR) is 154 cm³/mol. The Labute approximate surface area is 229 Å². The second-order valence-electron chi connectivity index (χ2n) is 9.92. The minimum atomic E-state index is -0.960. The van der Waals surface area contributed by atoms with Crippen molar-refractivity contribution in [1.82, 2.24) is 4.98 Å². The van der Waals surface area contributed by atoms with Gasteiger partial charge in [0.05, 0.1) is 11.3 Å². The first-order valence-corrected chi connectivity index (χ1v) is 13.1. The van der Waals surface area contributed by atoms with E-state index in [0.717, 1.165) is 22.9 Å². The van der Waals surface area contributed by atoms with E-state index in [2.05, 4.69) is 20.9 Å². The number of carboxylic acid groups (broad SMARTS) is 1. The zero-order valence-electron chi connectivity index (χ0n) is 21.5. The third-order valence-corrected chi connectivity index (χ3v) is 7.30. The smallest absolute Gasteiger partial charge is 0.323 e. The van der Waals surface area contributed by atoms with Gasteiger partial charge in [-0.05, 0) is 60.6 Å². The molecular formula is C31H26N4O5. The Bertz CT molecular complexity index is 1740. The number of rotatable bonds is 6. The molecule has 0 bridgehead atoms. The van der Waals surface area contributed by atoms with Gasteiger partial charge in [-0.2, -0.15) is 0 Å². The number of aryl methyl sites for hydroxylation is 1. The SMILES string of the molecule is O=C(O)CCc1c(/C=C2\C(=O)Nc3ccc(NC(=O)Nc4cccc5ccccc45)cc32)[nH]c2c1C(=O)CCC2. The summed E-state index contributed by atoms with van der Waals surface area (Å²) in [6.45, 7) is 0. The number of nitrogens with one attached hydrogen (secondary N) is 4. The van der Waals surface area contributed by atoms with E-state index in [0.29, 0.717) is 57.9 Å². The van der Waals surface area contributed by atoms with Crippen LogP contribution in [0, 0.1) is 0 Å². The molecular weight excluding hydrogens is 508 g/mol. The zero-order valence-corrected chi connectivity index (χ0v) is 21.5. The van der Waals surface area contributed by atoms with E-state index in [1.165, 1.54) is 0 Å². The Morgan fingerprint density at radius 2 is 1.80 bits per heavy atom. The van der Waals surface area contributed by atoms with Crippen molar-refractivity contribution >= 4 is 63.2 Å². The first kappa shape index (κ1) is 25.1. The fourth-order valence-electron chi connectivity index (χ4n) is 5.48. The molecule has 1 aliphatic carbocycles. The number of benzene rings is 3. The third kappa shape index (κ3) is 4.73. The second kappa shape index (κ2) is 10.2. The molecule has 0 fully saturated rings. The highest BCUT2D eigenvalue weighted by Gasteiger charge is 2.29. The van der Waals surface area contributed by atoms with Crippen LogP contribution in [-0.4, -0.2) is 33.8 Å². The van der Waals surface area contributed by atoms with Crippen LogP contribution < -0.4 is 16.0 Å². The summed E-state index contributed by atoms with van der Waals surface area (Å²) < 4.78 is 0. The number of aromatic nitrogens is 1. The number of urea groups is 1. The summed E-state index contributed by atoms with van der Waals surface area (Å²) in [7, 11) is 0. The summed E-state index contributed by atoms with van der Waals surface area (Å²) in [6.07, 6.45) is 3.55. The molecule has 2 aliphatic rings. The van der Waals surface area contributed by atoms with Gasteiger partial charge in [0.25, 0.3) is 5.91 Å². The summed E-state index contributed by atoms with van der Waals surface area (Å²) in [5, 5.41) is 19.8. The molecule has 4 aromatic rings. The van der Waals surface area contributed by atoms with Crippen molar-refractivity contribution in [3.8, 4) is 0 Å². The molecule has 40 heavy (non-hydrogen) atoms. The van der Waals surface area contributed by atoms with Crippen LogP contribution in [0.4, 0.5) is 21.9 Å². The Balaban J connectivity index is 1.30. The highest BCUT2D eigenvalue weighted by molar-refractivity contribution is 6.35. The van der Waals surface area contributed by atoms with Crippen molar-refractivity contribution in [3.63, 3.8) is 0 Å². The van der Waals surface area contributed by atoms with Crippen molar-refractivity contribution in [2.24, 2.45) is 0 Å². The molecule has 0 saturated carbocycles. The number of carbonyl (C=O) groups is 4. The molecule has 0 atom stereocenters. The molecule has 3 aromatic carbocycles. The number of carboxylic acids is 1. The largest absolute Gasteiger partial charge is 0.481 e. The van der Waals surface area contributed by atoms with E-state index in [1.54, 1.807) is 24.3 Å². The second-order valence-corrected chi connectivity index (χ2v) is 9.92. The van der Waals surface area contributed by atoms with Gasteiger partial charge in [-0.15, -0.1) is 0 Å². The van der Waals surface area contributed by atoms with Crippen molar-refractivity contribution in [3.05, 3.63) is 88.7 Å². The number of hydrogen-bond acceptors (Lipinski definition) is 4. The zero-order chi connectivity index (χ0) is 27.8. The average molecular weight is 535 g/mol. The van der Waals surface area contributed by atoms with Crippen LogP contribution in [0.2, 0.25) is 0 Å². The van der Waals surface area contributed by atoms with Gasteiger partial charge in [-0.1, -0.05) is 36.4 Å². The monoisotopic (exact) mass is 534 g/mol. The number of Topliss-reactive ketones (excluding diaryl/α,β-unsaturated/α-hetero) is 1. The normalized spacial score (nSPS) is 15.1. The number of aromatic amines is 1. The molecule has 2 heterocycles. The molecule has 6 rings (SSSR count). The Hall–Kier alpha value is -5.18. The van der Waals surface area contributed by atoms with Crippen molar-refractivity contribution < 1.29 is 24.3 Å². The average Bonchev–Trinajstić information content (AvgIpc) is 3.45. The number of ketones is 1. The third-order valence-electron chi connectivity index (χ3n) is 7.30. The number of fused-ring (bicyclic) bond motifs is 3. The number of anilines is 3. The van der Waals surface area contributed by atoms with Crippen LogP contribution in [0.25, 0.3) is 22.4 Å². The van der Waals surface area contributed by atoms with Gasteiger partial charge < -0.3 is 26.0 Å². The molecule has 3 amide bonds. The van der Waals surface area contributed by atoms with E-state index in [-0.39, 0.29) is 24.5 Å². The molecule has 9 heteroatoms. The lowest BCUT2D eigenvalue weighted by Gasteiger charge is -2.11. The first-order valence-electron chi connectivity index (χ1n) is 13.1. The van der Waals surface area contributed by atoms with Gasteiger partial charge in [-0.25, -0.2) is 4.79 Å². The first-order chi connectivity index (χ1) is 19.4. The number of aliphatic carboxylic acids is 1. The maximum absolute atomic E-state index is 13.0. The summed E-state index contributed by atoms with van der Waals surface area (Å²) in [6, 6.07) is 18.1. The molecule has 200 valence electrons. The van der Waals surface area contributed by atoms with E-state index >= 15 is 0 Å². The molecule has 0 radical (unpaired) electrons. The van der Waals surface area contributed by atoms with E-state index in [1.807, 2.05) is 42.5 Å². The molecule has 5 N–H and O–H groups in total. The maximum atomic E-state index is 13.0. The highest BCUT2D eigenvalue weighted by Crippen LogP contribution is 2.37. The van der Waals surface area contributed by atoms with Gasteiger partial charge in [0, 0.05) is 52.1 Å². The van der Waals surface area contributed by atoms with E-state index < -0.39 is 12.0 Å². The lowest BCUT2D eigenvalue weighted by atomic mass is 9.91. The molecule has 1 aromatic heterocycles. The topological polar surface area (TPSA) is 140 Å². The predicted octanol–water partition coefficient (Wildman–Crippen LogP) is 5.84. The van der Waals surface area contributed by atoms with Crippen molar-refractivity contribution in [1.29, 1.82) is 0 Å². The molecule has 0 unspecified atom stereocenters. The number of carbonyl (C=O) groups excluding carboxylic acids is 3. The minimum Gasteiger partial charge on any atom is -0.481 e. The lowest BCUT2D eigenvalue weighted by molar-refractivity contribution is -0.137. The van der Waals surface area contributed by atoms with Gasteiger partial charge in [0.2, 0.25) is 0 Å². The van der Waals surface area contributed by atoms with Gasteiger partial charge in [0.1, 0.15) is 0 Å². The van der Waals surface area contributed by atoms with E-state index in [4.69, 9.17) is 0 Å². The van der Waals surface area contributed by atoms with Gasteiger partial charge in [-0.3, -0.25) is 14.4 Å². The van der Waals surface area contributed by atoms with Crippen LogP contribution in [0.3, 0.4) is 0 Å². The highest BCUT2D eigenvalue weighted by atomic mass is 16.4. The quantitative estimate of drug-likeness (QED) is 0.198. The van der Waals surface area contributed by atoms with Crippen LogP contribution in [0.1, 0.15) is 52.1 Å².